The highest BCUT2D eigenvalue weighted by Gasteiger charge is 2.13. The van der Waals surface area contributed by atoms with Crippen LogP contribution in [0.4, 0.5) is 5.69 Å². The van der Waals surface area contributed by atoms with E-state index in [2.05, 4.69) is 20.3 Å². The summed E-state index contributed by atoms with van der Waals surface area (Å²) in [6.45, 7) is 0. The molecular weight excluding hydrogens is 380 g/mol. The lowest BCUT2D eigenvalue weighted by Crippen LogP contribution is -2.14. The zero-order chi connectivity index (χ0) is 20.9. The molecule has 3 N–H and O–H groups in total. The van der Waals surface area contributed by atoms with Crippen molar-refractivity contribution in [2.24, 2.45) is 0 Å². The van der Waals surface area contributed by atoms with E-state index in [4.69, 9.17) is 0 Å². The van der Waals surface area contributed by atoms with E-state index in [-0.39, 0.29) is 17.9 Å². The molecule has 3 heterocycles. The third kappa shape index (κ3) is 4.25. The molecule has 148 valence electrons. The Labute approximate surface area is 172 Å². The number of hydrogen-bond donors (Lipinski definition) is 3. The molecule has 0 fully saturated rings. The number of carboxylic acid groups (broad SMARTS) is 1. The van der Waals surface area contributed by atoms with Crippen molar-refractivity contribution in [1.29, 1.82) is 0 Å². The summed E-state index contributed by atoms with van der Waals surface area (Å²) in [5.41, 5.74) is 3.38. The highest BCUT2D eigenvalue weighted by Crippen LogP contribution is 2.25. The summed E-state index contributed by atoms with van der Waals surface area (Å²) in [6, 6.07) is 14.3. The Balaban J connectivity index is 1.63. The van der Waals surface area contributed by atoms with Crippen molar-refractivity contribution in [3.05, 3.63) is 90.0 Å². The van der Waals surface area contributed by atoms with E-state index < -0.39 is 5.97 Å². The maximum absolute atomic E-state index is 12.3. The number of aliphatic carboxylic acids is 1. The standard InChI is InChI=1S/C23H18N4O3/c28-21(9-15-5-4-8-24-12-15)27-18-11-19-17(13-25-22(19)26-14-18)10-20(23(29)30)16-6-2-1-3-7-16/h1-8,10-14H,9H2,(H,25,26)(H,27,28)(H,29,30). The van der Waals surface area contributed by atoms with Crippen LogP contribution in [-0.2, 0) is 16.0 Å². The Morgan fingerprint density at radius 1 is 1.10 bits per heavy atom. The fourth-order valence-electron chi connectivity index (χ4n) is 3.15. The minimum atomic E-state index is -1.02. The smallest absolute Gasteiger partial charge is 0.336 e. The van der Waals surface area contributed by atoms with Gasteiger partial charge in [0.1, 0.15) is 5.65 Å². The van der Waals surface area contributed by atoms with Crippen LogP contribution in [0.1, 0.15) is 16.7 Å². The Bertz CT molecular complexity index is 1230. The molecule has 3 aromatic heterocycles. The van der Waals surface area contributed by atoms with Gasteiger partial charge in [0.25, 0.3) is 0 Å². The molecule has 0 radical (unpaired) electrons. The third-order valence-electron chi connectivity index (χ3n) is 4.55. The number of aromatic nitrogens is 3. The van der Waals surface area contributed by atoms with E-state index in [1.807, 2.05) is 12.1 Å². The van der Waals surface area contributed by atoms with Crippen LogP contribution in [0.15, 0.2) is 73.3 Å². The number of fused-ring (bicyclic) bond motifs is 1. The molecule has 30 heavy (non-hydrogen) atoms. The minimum absolute atomic E-state index is 0.169. The lowest BCUT2D eigenvalue weighted by molar-refractivity contribution is -0.130. The Morgan fingerprint density at radius 3 is 2.67 bits per heavy atom. The number of nitrogens with one attached hydrogen (secondary N) is 2. The number of nitrogens with zero attached hydrogens (tertiary/aromatic N) is 2. The van der Waals surface area contributed by atoms with E-state index in [1.165, 1.54) is 0 Å². The summed E-state index contributed by atoms with van der Waals surface area (Å²) in [5.74, 6) is -1.21. The first-order valence-electron chi connectivity index (χ1n) is 9.26. The van der Waals surface area contributed by atoms with Gasteiger partial charge in [-0.2, -0.15) is 0 Å². The number of carboxylic acids is 1. The molecule has 0 unspecified atom stereocenters. The van der Waals surface area contributed by atoms with Gasteiger partial charge in [0.15, 0.2) is 0 Å². The van der Waals surface area contributed by atoms with Crippen molar-refractivity contribution in [3.63, 3.8) is 0 Å². The molecule has 4 rings (SSSR count). The number of rotatable bonds is 6. The van der Waals surface area contributed by atoms with Gasteiger partial charge in [0.05, 0.1) is 23.9 Å². The molecule has 0 aliphatic heterocycles. The first kappa shape index (κ1) is 19.1. The van der Waals surface area contributed by atoms with E-state index in [0.29, 0.717) is 27.8 Å². The largest absolute Gasteiger partial charge is 0.478 e. The van der Waals surface area contributed by atoms with Gasteiger partial charge in [-0.05, 0) is 29.3 Å². The molecule has 0 atom stereocenters. The van der Waals surface area contributed by atoms with Crippen molar-refractivity contribution >= 4 is 40.2 Å². The second-order valence-electron chi connectivity index (χ2n) is 6.68. The van der Waals surface area contributed by atoms with Crippen LogP contribution in [-0.4, -0.2) is 31.9 Å². The van der Waals surface area contributed by atoms with Gasteiger partial charge in [0, 0.05) is 29.5 Å². The lowest BCUT2D eigenvalue weighted by Gasteiger charge is -2.06. The number of benzene rings is 1. The van der Waals surface area contributed by atoms with Crippen LogP contribution in [0, 0.1) is 0 Å². The highest BCUT2D eigenvalue weighted by atomic mass is 16.4. The van der Waals surface area contributed by atoms with Crippen LogP contribution < -0.4 is 5.32 Å². The van der Waals surface area contributed by atoms with E-state index in [0.717, 1.165) is 5.56 Å². The van der Waals surface area contributed by atoms with E-state index in [1.54, 1.807) is 67.3 Å². The van der Waals surface area contributed by atoms with Crippen LogP contribution in [0.3, 0.4) is 0 Å². The van der Waals surface area contributed by atoms with Crippen LogP contribution >= 0.6 is 0 Å². The maximum Gasteiger partial charge on any atom is 0.336 e. The Morgan fingerprint density at radius 2 is 1.93 bits per heavy atom. The first-order valence-corrected chi connectivity index (χ1v) is 9.26. The second-order valence-corrected chi connectivity index (χ2v) is 6.68. The lowest BCUT2D eigenvalue weighted by atomic mass is 10.0. The van der Waals surface area contributed by atoms with Crippen LogP contribution in [0.5, 0.6) is 0 Å². The average molecular weight is 398 g/mol. The first-order chi connectivity index (χ1) is 14.6. The molecular formula is C23H18N4O3. The normalized spacial score (nSPS) is 11.4. The zero-order valence-electron chi connectivity index (χ0n) is 15.9. The quantitative estimate of drug-likeness (QED) is 0.429. The molecule has 1 amide bonds. The topological polar surface area (TPSA) is 108 Å². The van der Waals surface area contributed by atoms with Gasteiger partial charge < -0.3 is 15.4 Å². The maximum atomic E-state index is 12.3. The average Bonchev–Trinajstić information content (AvgIpc) is 3.15. The minimum Gasteiger partial charge on any atom is -0.478 e. The Hall–Kier alpha value is -4.26. The summed E-state index contributed by atoms with van der Waals surface area (Å²) in [4.78, 5) is 35.5. The summed E-state index contributed by atoms with van der Waals surface area (Å²) in [5, 5.41) is 13.2. The van der Waals surface area contributed by atoms with Gasteiger partial charge in [-0.3, -0.25) is 9.78 Å². The molecule has 0 bridgehead atoms. The molecule has 7 heteroatoms. The number of pyridine rings is 2. The monoisotopic (exact) mass is 398 g/mol. The van der Waals surface area contributed by atoms with Gasteiger partial charge >= 0.3 is 5.97 Å². The van der Waals surface area contributed by atoms with Crippen molar-refractivity contribution in [2.75, 3.05) is 5.32 Å². The van der Waals surface area contributed by atoms with Gasteiger partial charge in [-0.25, -0.2) is 9.78 Å². The summed E-state index contributed by atoms with van der Waals surface area (Å²) >= 11 is 0. The predicted octanol–water partition coefficient (Wildman–Crippen LogP) is 3.76. The highest BCUT2D eigenvalue weighted by molar-refractivity contribution is 6.21. The van der Waals surface area contributed by atoms with Gasteiger partial charge in [0.2, 0.25) is 5.91 Å². The molecule has 0 spiro atoms. The molecule has 7 nitrogen and oxygen atoms in total. The zero-order valence-corrected chi connectivity index (χ0v) is 15.9. The molecule has 0 aliphatic rings. The van der Waals surface area contributed by atoms with Gasteiger partial charge in [-0.1, -0.05) is 36.4 Å². The Kier molecular flexibility index (Phi) is 5.34. The van der Waals surface area contributed by atoms with Crippen LogP contribution in [0.2, 0.25) is 0 Å². The van der Waals surface area contributed by atoms with Crippen LogP contribution in [0.25, 0.3) is 22.7 Å². The van der Waals surface area contributed by atoms with E-state index in [9.17, 15) is 14.7 Å². The third-order valence-corrected chi connectivity index (χ3v) is 4.55. The molecule has 4 aromatic rings. The summed E-state index contributed by atoms with van der Waals surface area (Å²) in [6.07, 6.45) is 8.35. The number of carbonyl (C=O) groups excluding carboxylic acids is 1. The number of H-pyrrole nitrogens is 1. The molecule has 0 saturated heterocycles. The summed E-state index contributed by atoms with van der Waals surface area (Å²) in [7, 11) is 0. The predicted molar refractivity (Wildman–Crippen MR) is 115 cm³/mol. The van der Waals surface area contributed by atoms with Gasteiger partial charge in [-0.15, -0.1) is 0 Å². The van der Waals surface area contributed by atoms with Crippen molar-refractivity contribution in [3.8, 4) is 0 Å². The molecule has 1 aromatic carbocycles. The molecule has 0 saturated carbocycles. The van der Waals surface area contributed by atoms with Crippen molar-refractivity contribution in [1.82, 2.24) is 15.0 Å². The number of hydrogen-bond acceptors (Lipinski definition) is 4. The fraction of sp³-hybridized carbons (Fsp3) is 0.0435. The van der Waals surface area contributed by atoms with E-state index >= 15 is 0 Å². The SMILES string of the molecule is O=C(Cc1cccnc1)Nc1cnc2[nH]cc(C=C(C(=O)O)c3ccccc3)c2c1. The number of carbonyl (C=O) groups is 2. The number of aromatic amines is 1. The number of anilines is 1. The second kappa shape index (κ2) is 8.40. The van der Waals surface area contributed by atoms with Crippen molar-refractivity contribution in [2.45, 2.75) is 6.42 Å². The fourth-order valence-corrected chi connectivity index (χ4v) is 3.15. The summed E-state index contributed by atoms with van der Waals surface area (Å²) < 4.78 is 0. The number of amides is 1. The van der Waals surface area contributed by atoms with Crippen molar-refractivity contribution < 1.29 is 14.7 Å². The molecule has 0 aliphatic carbocycles.